The van der Waals surface area contributed by atoms with E-state index in [-0.39, 0.29) is 5.41 Å². The van der Waals surface area contributed by atoms with Gasteiger partial charge in [-0.15, -0.1) is 0 Å². The van der Waals surface area contributed by atoms with Crippen LogP contribution in [0.3, 0.4) is 0 Å². The van der Waals surface area contributed by atoms with Crippen LogP contribution in [0.2, 0.25) is 0 Å². The molecule has 1 heteroatoms. The molecule has 0 unspecified atom stereocenters. The van der Waals surface area contributed by atoms with Crippen molar-refractivity contribution in [3.8, 4) is 27.9 Å². The predicted molar refractivity (Wildman–Crippen MR) is 179 cm³/mol. The van der Waals surface area contributed by atoms with Crippen LogP contribution in [-0.4, -0.2) is 4.57 Å². The molecule has 9 rings (SSSR count). The highest BCUT2D eigenvalue weighted by Gasteiger charge is 2.34. The molecule has 1 aliphatic heterocycles. The van der Waals surface area contributed by atoms with E-state index < -0.39 is 0 Å². The quantitative estimate of drug-likeness (QED) is 0.194. The van der Waals surface area contributed by atoms with Gasteiger partial charge in [-0.05, 0) is 85.3 Å². The Labute approximate surface area is 245 Å². The van der Waals surface area contributed by atoms with E-state index in [0.29, 0.717) is 0 Å². The van der Waals surface area contributed by atoms with Gasteiger partial charge in [0.05, 0.1) is 16.7 Å². The lowest BCUT2D eigenvalue weighted by atomic mass is 9.75. The lowest BCUT2D eigenvalue weighted by Gasteiger charge is -2.34. The van der Waals surface area contributed by atoms with Gasteiger partial charge in [0.25, 0.3) is 0 Å². The SMILES string of the molecule is CC1(C)c2ccccc2-n2c3ccc(-c4cccc(-c5cc6ccccc6c6ccccc56)c4)cc3c3cccc1c32. The molecule has 0 bridgehead atoms. The van der Waals surface area contributed by atoms with Crippen molar-refractivity contribution in [1.82, 2.24) is 4.57 Å². The fourth-order valence-electron chi connectivity index (χ4n) is 7.50. The van der Waals surface area contributed by atoms with Gasteiger partial charge in [-0.3, -0.25) is 0 Å². The minimum Gasteiger partial charge on any atom is -0.309 e. The lowest BCUT2D eigenvalue weighted by molar-refractivity contribution is 0.630. The Morgan fingerprint density at radius 1 is 0.452 bits per heavy atom. The van der Waals surface area contributed by atoms with Crippen molar-refractivity contribution in [3.63, 3.8) is 0 Å². The second kappa shape index (κ2) is 8.44. The zero-order valence-corrected chi connectivity index (χ0v) is 23.7. The van der Waals surface area contributed by atoms with E-state index in [4.69, 9.17) is 0 Å². The van der Waals surface area contributed by atoms with Gasteiger partial charge in [-0.1, -0.05) is 123 Å². The molecule has 0 saturated carbocycles. The van der Waals surface area contributed by atoms with Crippen molar-refractivity contribution in [2.75, 3.05) is 0 Å². The van der Waals surface area contributed by atoms with Crippen LogP contribution in [0.15, 0.2) is 140 Å². The van der Waals surface area contributed by atoms with E-state index in [1.54, 1.807) is 0 Å². The first-order chi connectivity index (χ1) is 20.6. The van der Waals surface area contributed by atoms with Crippen LogP contribution in [0, 0.1) is 0 Å². The molecule has 0 radical (unpaired) electrons. The minimum absolute atomic E-state index is 0.0553. The summed E-state index contributed by atoms with van der Waals surface area (Å²) >= 11 is 0. The molecule has 0 fully saturated rings. The van der Waals surface area contributed by atoms with Crippen LogP contribution in [0.1, 0.15) is 25.0 Å². The first kappa shape index (κ1) is 23.6. The highest BCUT2D eigenvalue weighted by Crippen LogP contribution is 2.48. The smallest absolute Gasteiger partial charge is 0.0582 e. The van der Waals surface area contributed by atoms with Gasteiger partial charge in [0, 0.05) is 16.2 Å². The zero-order chi connectivity index (χ0) is 28.0. The molecule has 0 spiro atoms. The number of rotatable bonds is 2. The summed E-state index contributed by atoms with van der Waals surface area (Å²) in [5.74, 6) is 0. The van der Waals surface area contributed by atoms with Crippen molar-refractivity contribution in [3.05, 3.63) is 151 Å². The third-order valence-corrected chi connectivity index (χ3v) is 9.55. The van der Waals surface area contributed by atoms with E-state index in [1.807, 2.05) is 0 Å². The summed E-state index contributed by atoms with van der Waals surface area (Å²) in [6.07, 6.45) is 0. The van der Waals surface area contributed by atoms with Gasteiger partial charge in [0.2, 0.25) is 0 Å². The highest BCUT2D eigenvalue weighted by molar-refractivity contribution is 6.14. The van der Waals surface area contributed by atoms with Gasteiger partial charge in [-0.25, -0.2) is 0 Å². The average Bonchev–Trinajstić information content (AvgIpc) is 3.38. The molecule has 1 aliphatic rings. The first-order valence-electron chi connectivity index (χ1n) is 14.8. The molecule has 0 amide bonds. The van der Waals surface area contributed by atoms with Gasteiger partial charge in [-0.2, -0.15) is 0 Å². The molecule has 42 heavy (non-hydrogen) atoms. The molecule has 0 saturated heterocycles. The number of hydrogen-bond donors (Lipinski definition) is 0. The standard InChI is InChI=1S/C41H29N/c1-41(2)36-18-7-8-20-39(36)42-38-22-21-27(24-35(38)33-17-10-19-37(41)40(33)42)26-12-9-13-28(23-26)34-25-29-11-3-4-14-30(29)31-15-5-6-16-32(31)34/h3-25H,1-2H3. The predicted octanol–water partition coefficient (Wildman–Crippen LogP) is 11.1. The van der Waals surface area contributed by atoms with Crippen LogP contribution >= 0.6 is 0 Å². The summed E-state index contributed by atoms with van der Waals surface area (Å²) in [4.78, 5) is 0. The number of nitrogens with zero attached hydrogens (tertiary/aromatic N) is 1. The molecule has 0 atom stereocenters. The number of hydrogen-bond acceptors (Lipinski definition) is 0. The Kier molecular flexibility index (Phi) is 4.73. The Morgan fingerprint density at radius 2 is 1.12 bits per heavy atom. The molecule has 198 valence electrons. The summed E-state index contributed by atoms with van der Waals surface area (Å²) in [5.41, 5.74) is 11.6. The van der Waals surface area contributed by atoms with Crippen molar-refractivity contribution >= 4 is 43.4 Å². The summed E-state index contributed by atoms with van der Waals surface area (Å²) in [6, 6.07) is 51.7. The second-order valence-corrected chi connectivity index (χ2v) is 12.2. The van der Waals surface area contributed by atoms with E-state index in [1.165, 1.54) is 82.4 Å². The van der Waals surface area contributed by atoms with Gasteiger partial charge >= 0.3 is 0 Å². The Morgan fingerprint density at radius 3 is 2.02 bits per heavy atom. The number of fused-ring (bicyclic) bond motifs is 8. The van der Waals surface area contributed by atoms with Crippen molar-refractivity contribution < 1.29 is 0 Å². The van der Waals surface area contributed by atoms with Crippen LogP contribution < -0.4 is 0 Å². The summed E-state index contributed by atoms with van der Waals surface area (Å²) in [6.45, 7) is 4.71. The topological polar surface area (TPSA) is 4.93 Å². The van der Waals surface area contributed by atoms with Crippen LogP contribution in [0.4, 0.5) is 0 Å². The summed E-state index contributed by atoms with van der Waals surface area (Å²) < 4.78 is 2.49. The maximum absolute atomic E-state index is 2.49. The fourth-order valence-corrected chi connectivity index (χ4v) is 7.50. The van der Waals surface area contributed by atoms with Crippen LogP contribution in [0.25, 0.3) is 71.3 Å². The number of aromatic nitrogens is 1. The lowest BCUT2D eigenvalue weighted by Crippen LogP contribution is -2.26. The highest BCUT2D eigenvalue weighted by atomic mass is 15.0. The molecule has 1 nitrogen and oxygen atoms in total. The third-order valence-electron chi connectivity index (χ3n) is 9.55. The molecule has 1 aromatic heterocycles. The van der Waals surface area contributed by atoms with Gasteiger partial charge < -0.3 is 4.57 Å². The summed E-state index contributed by atoms with van der Waals surface area (Å²) in [7, 11) is 0. The average molecular weight is 536 g/mol. The third kappa shape index (κ3) is 3.14. The normalized spacial score (nSPS) is 13.7. The maximum atomic E-state index is 2.49. The van der Waals surface area contributed by atoms with Crippen molar-refractivity contribution in [2.45, 2.75) is 19.3 Å². The van der Waals surface area contributed by atoms with E-state index in [9.17, 15) is 0 Å². The Bertz CT molecular complexity index is 2380. The van der Waals surface area contributed by atoms with E-state index >= 15 is 0 Å². The Hall–Kier alpha value is -5.14. The first-order valence-corrected chi connectivity index (χ1v) is 14.8. The molecular formula is C41H29N. The summed E-state index contributed by atoms with van der Waals surface area (Å²) in [5, 5.41) is 7.79. The number of benzene rings is 7. The van der Waals surface area contributed by atoms with Crippen LogP contribution in [-0.2, 0) is 5.41 Å². The van der Waals surface area contributed by atoms with Crippen molar-refractivity contribution in [2.24, 2.45) is 0 Å². The van der Waals surface area contributed by atoms with Gasteiger partial charge in [0.1, 0.15) is 0 Å². The molecule has 0 N–H and O–H groups in total. The minimum atomic E-state index is -0.0553. The van der Waals surface area contributed by atoms with E-state index in [2.05, 4.69) is 158 Å². The molecule has 0 aliphatic carbocycles. The monoisotopic (exact) mass is 535 g/mol. The fraction of sp³-hybridized carbons (Fsp3) is 0.0732. The van der Waals surface area contributed by atoms with Gasteiger partial charge in [0.15, 0.2) is 0 Å². The Balaban J connectivity index is 1.26. The zero-order valence-electron chi connectivity index (χ0n) is 23.7. The molecular weight excluding hydrogens is 506 g/mol. The molecule has 2 heterocycles. The largest absolute Gasteiger partial charge is 0.309 e. The second-order valence-electron chi connectivity index (χ2n) is 12.2. The maximum Gasteiger partial charge on any atom is 0.0582 e. The van der Waals surface area contributed by atoms with E-state index in [0.717, 1.165) is 0 Å². The molecule has 8 aromatic rings. The molecule has 7 aromatic carbocycles. The van der Waals surface area contributed by atoms with Crippen LogP contribution in [0.5, 0.6) is 0 Å². The number of para-hydroxylation sites is 2. The van der Waals surface area contributed by atoms with Crippen molar-refractivity contribution in [1.29, 1.82) is 0 Å².